The molecule has 1 aliphatic rings. The third kappa shape index (κ3) is 3.79. The van der Waals surface area contributed by atoms with E-state index >= 15 is 0 Å². The second-order valence-electron chi connectivity index (χ2n) is 5.38. The summed E-state index contributed by atoms with van der Waals surface area (Å²) in [6.45, 7) is 3.44. The number of aromatic nitrogens is 1. The molecule has 3 N–H and O–H groups in total. The number of aryl methyl sites for hydroxylation is 1. The number of nitrogens with one attached hydrogen (secondary N) is 3. The second kappa shape index (κ2) is 7.24. The molecule has 1 aliphatic heterocycles. The van der Waals surface area contributed by atoms with Crippen LogP contribution < -0.4 is 16.0 Å². The van der Waals surface area contributed by atoms with E-state index in [0.29, 0.717) is 35.9 Å². The minimum absolute atomic E-state index is 0.195. The molecule has 0 radical (unpaired) electrons. The lowest BCUT2D eigenvalue weighted by molar-refractivity contribution is -0.128. The number of hydrogen-bond acceptors (Lipinski definition) is 6. The summed E-state index contributed by atoms with van der Waals surface area (Å²) in [4.78, 5) is 24.1. The van der Waals surface area contributed by atoms with Crippen molar-refractivity contribution in [2.75, 3.05) is 30.3 Å². The van der Waals surface area contributed by atoms with E-state index in [1.165, 1.54) is 6.20 Å². The highest BCUT2D eigenvalue weighted by Gasteiger charge is 2.21. The van der Waals surface area contributed by atoms with Crippen molar-refractivity contribution in [2.24, 2.45) is 0 Å². The quantitative estimate of drug-likeness (QED) is 0.777. The van der Waals surface area contributed by atoms with E-state index in [1.807, 2.05) is 0 Å². The lowest BCUT2D eigenvalue weighted by Crippen LogP contribution is -2.45. The average Bonchev–Trinajstić information content (AvgIpc) is 3.03. The zero-order valence-corrected chi connectivity index (χ0v) is 13.2. The van der Waals surface area contributed by atoms with E-state index < -0.39 is 6.10 Å². The molecule has 0 unspecified atom stereocenters. The van der Waals surface area contributed by atoms with Crippen LogP contribution in [0.1, 0.15) is 16.1 Å². The van der Waals surface area contributed by atoms with E-state index in [1.54, 1.807) is 31.2 Å². The molecule has 126 valence electrons. The highest BCUT2D eigenvalue weighted by molar-refractivity contribution is 6.04. The van der Waals surface area contributed by atoms with Gasteiger partial charge < -0.3 is 25.2 Å². The van der Waals surface area contributed by atoms with Crippen LogP contribution in [-0.2, 0) is 9.53 Å². The Labute approximate surface area is 138 Å². The van der Waals surface area contributed by atoms with Crippen molar-refractivity contribution in [2.45, 2.75) is 13.0 Å². The molecule has 1 aromatic heterocycles. The van der Waals surface area contributed by atoms with Crippen LogP contribution in [0.25, 0.3) is 0 Å². The first kappa shape index (κ1) is 16.2. The van der Waals surface area contributed by atoms with E-state index in [-0.39, 0.29) is 11.8 Å². The van der Waals surface area contributed by atoms with Gasteiger partial charge in [0.1, 0.15) is 17.4 Å². The summed E-state index contributed by atoms with van der Waals surface area (Å²) in [5.74, 6) is -0.0382. The van der Waals surface area contributed by atoms with Crippen LogP contribution in [0.3, 0.4) is 0 Å². The van der Waals surface area contributed by atoms with Gasteiger partial charge in [0.2, 0.25) is 0 Å². The van der Waals surface area contributed by atoms with Crippen molar-refractivity contribution in [1.29, 1.82) is 0 Å². The average molecular weight is 330 g/mol. The van der Waals surface area contributed by atoms with E-state index in [9.17, 15) is 9.59 Å². The summed E-state index contributed by atoms with van der Waals surface area (Å²) < 4.78 is 10.3. The SMILES string of the molecule is Cc1oncc1C(=O)Nc1ccc(NC(=O)[C@H]2CNCCO2)cc1. The molecule has 3 rings (SSSR count). The number of morpholine rings is 1. The van der Waals surface area contributed by atoms with Crippen LogP contribution in [0, 0.1) is 6.92 Å². The number of amides is 2. The van der Waals surface area contributed by atoms with Crippen molar-refractivity contribution in [1.82, 2.24) is 10.5 Å². The Morgan fingerprint density at radius 3 is 2.50 bits per heavy atom. The van der Waals surface area contributed by atoms with Gasteiger partial charge in [0.25, 0.3) is 11.8 Å². The minimum atomic E-state index is -0.491. The summed E-state index contributed by atoms with van der Waals surface area (Å²) in [6.07, 6.45) is 0.881. The molecule has 1 fully saturated rings. The minimum Gasteiger partial charge on any atom is -0.366 e. The third-order valence-corrected chi connectivity index (χ3v) is 3.63. The van der Waals surface area contributed by atoms with Gasteiger partial charge in [0.05, 0.1) is 12.8 Å². The van der Waals surface area contributed by atoms with Gasteiger partial charge >= 0.3 is 0 Å². The molecule has 0 spiro atoms. The Morgan fingerprint density at radius 1 is 1.21 bits per heavy atom. The van der Waals surface area contributed by atoms with Gasteiger partial charge in [-0.15, -0.1) is 0 Å². The molecule has 2 heterocycles. The number of rotatable bonds is 4. The predicted molar refractivity (Wildman–Crippen MR) is 86.9 cm³/mol. The second-order valence-corrected chi connectivity index (χ2v) is 5.38. The standard InChI is InChI=1S/C16H18N4O4/c1-10-13(8-18-24-10)15(21)19-11-2-4-12(5-3-11)20-16(22)14-9-17-6-7-23-14/h2-5,8,14,17H,6-7,9H2,1H3,(H,19,21)(H,20,22)/t14-/m1/s1. The molecule has 8 heteroatoms. The molecule has 8 nitrogen and oxygen atoms in total. The number of nitrogens with zero attached hydrogens (tertiary/aromatic N) is 1. The molecule has 1 aromatic carbocycles. The fraction of sp³-hybridized carbons (Fsp3) is 0.312. The largest absolute Gasteiger partial charge is 0.366 e. The summed E-state index contributed by atoms with van der Waals surface area (Å²) in [6, 6.07) is 6.83. The maximum Gasteiger partial charge on any atom is 0.260 e. The topological polar surface area (TPSA) is 105 Å². The van der Waals surface area contributed by atoms with Crippen LogP contribution in [0.15, 0.2) is 35.0 Å². The fourth-order valence-corrected chi connectivity index (χ4v) is 2.31. The van der Waals surface area contributed by atoms with Crippen molar-refractivity contribution < 1.29 is 18.8 Å². The number of ether oxygens (including phenoxy) is 1. The first-order chi connectivity index (χ1) is 11.6. The van der Waals surface area contributed by atoms with E-state index in [4.69, 9.17) is 9.26 Å². The molecule has 2 amide bonds. The zero-order valence-electron chi connectivity index (χ0n) is 13.2. The van der Waals surface area contributed by atoms with E-state index in [0.717, 1.165) is 6.54 Å². The highest BCUT2D eigenvalue weighted by Crippen LogP contribution is 2.16. The van der Waals surface area contributed by atoms with Gasteiger partial charge in [-0.25, -0.2) is 0 Å². The Morgan fingerprint density at radius 2 is 1.92 bits per heavy atom. The normalized spacial score (nSPS) is 17.3. The lowest BCUT2D eigenvalue weighted by Gasteiger charge is -2.22. The van der Waals surface area contributed by atoms with Crippen molar-refractivity contribution in [3.8, 4) is 0 Å². The summed E-state index contributed by atoms with van der Waals surface area (Å²) >= 11 is 0. The Hall–Kier alpha value is -2.71. The highest BCUT2D eigenvalue weighted by atomic mass is 16.5. The summed E-state index contributed by atoms with van der Waals surface area (Å²) in [5.41, 5.74) is 1.62. The number of carbonyl (C=O) groups excluding carboxylic acids is 2. The molecule has 1 atom stereocenters. The number of anilines is 2. The smallest absolute Gasteiger partial charge is 0.260 e. The predicted octanol–water partition coefficient (Wildman–Crippen LogP) is 1.16. The Balaban J connectivity index is 1.58. The molecule has 2 aromatic rings. The molecule has 1 saturated heterocycles. The molecule has 0 bridgehead atoms. The molecular weight excluding hydrogens is 312 g/mol. The monoisotopic (exact) mass is 330 g/mol. The van der Waals surface area contributed by atoms with Crippen molar-refractivity contribution in [3.63, 3.8) is 0 Å². The van der Waals surface area contributed by atoms with Crippen molar-refractivity contribution >= 4 is 23.2 Å². The van der Waals surface area contributed by atoms with Crippen molar-refractivity contribution in [3.05, 3.63) is 41.8 Å². The fourth-order valence-electron chi connectivity index (χ4n) is 2.31. The van der Waals surface area contributed by atoms with Gasteiger partial charge in [0.15, 0.2) is 0 Å². The first-order valence-electron chi connectivity index (χ1n) is 7.59. The molecular formula is C16H18N4O4. The van der Waals surface area contributed by atoms with Crippen LogP contribution in [0.4, 0.5) is 11.4 Å². The van der Waals surface area contributed by atoms with Gasteiger partial charge in [-0.05, 0) is 31.2 Å². The van der Waals surface area contributed by atoms with Crippen LogP contribution in [0.2, 0.25) is 0 Å². The Bertz CT molecular complexity index is 720. The number of hydrogen-bond donors (Lipinski definition) is 3. The Kier molecular flexibility index (Phi) is 4.88. The zero-order chi connectivity index (χ0) is 16.9. The van der Waals surface area contributed by atoms with Gasteiger partial charge in [-0.1, -0.05) is 5.16 Å². The molecule has 0 saturated carbocycles. The first-order valence-corrected chi connectivity index (χ1v) is 7.59. The van der Waals surface area contributed by atoms with Crippen LogP contribution in [0.5, 0.6) is 0 Å². The number of carbonyl (C=O) groups is 2. The van der Waals surface area contributed by atoms with Gasteiger partial charge in [-0.3, -0.25) is 9.59 Å². The van der Waals surface area contributed by atoms with Gasteiger partial charge in [-0.2, -0.15) is 0 Å². The van der Waals surface area contributed by atoms with Crippen LogP contribution in [-0.4, -0.2) is 42.8 Å². The maximum atomic E-state index is 12.1. The van der Waals surface area contributed by atoms with E-state index in [2.05, 4.69) is 21.1 Å². The molecule has 24 heavy (non-hydrogen) atoms. The van der Waals surface area contributed by atoms with Gasteiger partial charge in [0, 0.05) is 24.5 Å². The number of benzene rings is 1. The molecule has 0 aliphatic carbocycles. The lowest BCUT2D eigenvalue weighted by atomic mass is 10.2. The van der Waals surface area contributed by atoms with Crippen LogP contribution >= 0.6 is 0 Å². The summed E-state index contributed by atoms with van der Waals surface area (Å²) in [5, 5.41) is 12.2. The third-order valence-electron chi connectivity index (χ3n) is 3.63. The summed E-state index contributed by atoms with van der Waals surface area (Å²) in [7, 11) is 0. The maximum absolute atomic E-state index is 12.1.